The maximum absolute atomic E-state index is 11.9. The standard InChI is InChI=1S/C15H19NO3/c1-18-13-4-2-11(3-5-13)6-7-16-9-12(8-15(16)17)14-10-19-14/h2-5,12,14H,6-10H2,1H3. The van der Waals surface area contributed by atoms with Crippen molar-refractivity contribution in [1.82, 2.24) is 4.90 Å². The highest BCUT2D eigenvalue weighted by Crippen LogP contribution is 2.29. The fraction of sp³-hybridized carbons (Fsp3) is 0.533. The first-order valence-electron chi connectivity index (χ1n) is 6.78. The van der Waals surface area contributed by atoms with Gasteiger partial charge in [-0.25, -0.2) is 0 Å². The van der Waals surface area contributed by atoms with Gasteiger partial charge in [-0.15, -0.1) is 0 Å². The van der Waals surface area contributed by atoms with Crippen molar-refractivity contribution in [1.29, 1.82) is 0 Å². The Kier molecular flexibility index (Phi) is 3.42. The molecule has 4 nitrogen and oxygen atoms in total. The first-order valence-corrected chi connectivity index (χ1v) is 6.78. The van der Waals surface area contributed by atoms with E-state index >= 15 is 0 Å². The lowest BCUT2D eigenvalue weighted by Crippen LogP contribution is -2.28. The predicted octanol–water partition coefficient (Wildman–Crippen LogP) is 1.48. The second-order valence-electron chi connectivity index (χ2n) is 5.27. The molecule has 2 atom stereocenters. The first-order chi connectivity index (χ1) is 9.26. The van der Waals surface area contributed by atoms with E-state index in [1.54, 1.807) is 7.11 Å². The number of rotatable bonds is 5. The molecule has 1 aromatic carbocycles. The van der Waals surface area contributed by atoms with Crippen LogP contribution in [0.3, 0.4) is 0 Å². The highest BCUT2D eigenvalue weighted by Gasteiger charge is 2.40. The second-order valence-corrected chi connectivity index (χ2v) is 5.27. The minimum Gasteiger partial charge on any atom is -0.497 e. The molecule has 2 heterocycles. The molecular formula is C15H19NO3. The monoisotopic (exact) mass is 261 g/mol. The van der Waals surface area contributed by atoms with Crippen molar-refractivity contribution in [2.45, 2.75) is 18.9 Å². The number of carbonyl (C=O) groups is 1. The summed E-state index contributed by atoms with van der Waals surface area (Å²) in [6.07, 6.45) is 1.90. The maximum atomic E-state index is 11.9. The number of hydrogen-bond acceptors (Lipinski definition) is 3. The number of hydrogen-bond donors (Lipinski definition) is 0. The first kappa shape index (κ1) is 12.5. The van der Waals surface area contributed by atoms with Crippen LogP contribution in [-0.4, -0.2) is 43.7 Å². The molecule has 0 aromatic heterocycles. The molecule has 19 heavy (non-hydrogen) atoms. The van der Waals surface area contributed by atoms with Gasteiger partial charge in [-0.2, -0.15) is 0 Å². The van der Waals surface area contributed by atoms with Crippen LogP contribution in [0.2, 0.25) is 0 Å². The van der Waals surface area contributed by atoms with Crippen LogP contribution in [0.15, 0.2) is 24.3 Å². The molecule has 3 rings (SSSR count). The molecule has 0 radical (unpaired) electrons. The van der Waals surface area contributed by atoms with E-state index in [0.29, 0.717) is 18.4 Å². The Morgan fingerprint density at radius 1 is 1.37 bits per heavy atom. The van der Waals surface area contributed by atoms with Crippen molar-refractivity contribution in [3.05, 3.63) is 29.8 Å². The lowest BCUT2D eigenvalue weighted by atomic mass is 10.1. The smallest absolute Gasteiger partial charge is 0.223 e. The van der Waals surface area contributed by atoms with Gasteiger partial charge in [0.1, 0.15) is 5.75 Å². The van der Waals surface area contributed by atoms with Gasteiger partial charge in [-0.1, -0.05) is 12.1 Å². The van der Waals surface area contributed by atoms with Crippen LogP contribution < -0.4 is 4.74 Å². The summed E-state index contributed by atoms with van der Waals surface area (Å²) < 4.78 is 10.4. The minimum absolute atomic E-state index is 0.272. The highest BCUT2D eigenvalue weighted by molar-refractivity contribution is 5.78. The summed E-state index contributed by atoms with van der Waals surface area (Å²) in [4.78, 5) is 13.9. The maximum Gasteiger partial charge on any atom is 0.223 e. The zero-order valence-corrected chi connectivity index (χ0v) is 11.2. The third-order valence-electron chi connectivity index (χ3n) is 3.96. The number of likely N-dealkylation sites (tertiary alicyclic amines) is 1. The summed E-state index contributed by atoms with van der Waals surface area (Å²) in [6.45, 7) is 2.50. The number of amides is 1. The molecule has 2 saturated heterocycles. The lowest BCUT2D eigenvalue weighted by Gasteiger charge is -2.16. The lowest BCUT2D eigenvalue weighted by molar-refractivity contribution is -0.127. The molecule has 1 amide bonds. The molecule has 0 N–H and O–H groups in total. The van der Waals surface area contributed by atoms with E-state index in [1.165, 1.54) is 5.56 Å². The van der Waals surface area contributed by atoms with Gasteiger partial charge in [0.2, 0.25) is 5.91 Å². The van der Waals surface area contributed by atoms with Crippen LogP contribution in [0.4, 0.5) is 0 Å². The van der Waals surface area contributed by atoms with Crippen LogP contribution in [-0.2, 0) is 16.0 Å². The Morgan fingerprint density at radius 3 is 2.74 bits per heavy atom. The van der Waals surface area contributed by atoms with E-state index in [0.717, 1.165) is 31.9 Å². The Balaban J connectivity index is 1.52. The predicted molar refractivity (Wildman–Crippen MR) is 71.1 cm³/mol. The molecule has 102 valence electrons. The number of benzene rings is 1. The van der Waals surface area contributed by atoms with Crippen molar-refractivity contribution >= 4 is 5.91 Å². The summed E-state index contributed by atoms with van der Waals surface area (Å²) in [6, 6.07) is 8.03. The van der Waals surface area contributed by atoms with Gasteiger partial charge < -0.3 is 14.4 Å². The quantitative estimate of drug-likeness (QED) is 0.754. The highest BCUT2D eigenvalue weighted by atomic mass is 16.6. The van der Waals surface area contributed by atoms with E-state index < -0.39 is 0 Å². The zero-order chi connectivity index (χ0) is 13.2. The van der Waals surface area contributed by atoms with E-state index in [2.05, 4.69) is 12.1 Å². The van der Waals surface area contributed by atoms with Crippen molar-refractivity contribution in [3.63, 3.8) is 0 Å². The largest absolute Gasteiger partial charge is 0.497 e. The van der Waals surface area contributed by atoms with E-state index in [-0.39, 0.29) is 5.91 Å². The topological polar surface area (TPSA) is 42.1 Å². The van der Waals surface area contributed by atoms with Crippen LogP contribution >= 0.6 is 0 Å². The van der Waals surface area contributed by atoms with E-state index in [1.807, 2.05) is 17.0 Å². The van der Waals surface area contributed by atoms with Crippen LogP contribution in [0, 0.1) is 5.92 Å². The third-order valence-corrected chi connectivity index (χ3v) is 3.96. The normalized spacial score (nSPS) is 25.7. The molecule has 0 bridgehead atoms. The van der Waals surface area contributed by atoms with Crippen molar-refractivity contribution in [2.24, 2.45) is 5.92 Å². The zero-order valence-electron chi connectivity index (χ0n) is 11.2. The average Bonchev–Trinajstić information content (AvgIpc) is 3.22. The molecule has 4 heteroatoms. The van der Waals surface area contributed by atoms with Gasteiger partial charge in [0, 0.05) is 25.4 Å². The van der Waals surface area contributed by atoms with Crippen LogP contribution in [0.5, 0.6) is 5.75 Å². The van der Waals surface area contributed by atoms with E-state index in [9.17, 15) is 4.79 Å². The molecule has 2 aliphatic heterocycles. The summed E-state index contributed by atoms with van der Waals surface area (Å²) >= 11 is 0. The van der Waals surface area contributed by atoms with Crippen LogP contribution in [0.25, 0.3) is 0 Å². The summed E-state index contributed by atoms with van der Waals surface area (Å²) in [7, 11) is 1.66. The molecule has 1 aromatic rings. The van der Waals surface area contributed by atoms with Crippen molar-refractivity contribution < 1.29 is 14.3 Å². The van der Waals surface area contributed by atoms with Gasteiger partial charge in [-0.3, -0.25) is 4.79 Å². The number of epoxide rings is 1. The fourth-order valence-corrected chi connectivity index (χ4v) is 2.65. The van der Waals surface area contributed by atoms with Gasteiger partial charge >= 0.3 is 0 Å². The number of ether oxygens (including phenoxy) is 2. The Hall–Kier alpha value is -1.55. The third kappa shape index (κ3) is 2.89. The Bertz CT molecular complexity index is 453. The fourth-order valence-electron chi connectivity index (χ4n) is 2.65. The molecule has 2 unspecified atom stereocenters. The van der Waals surface area contributed by atoms with Gasteiger partial charge in [-0.05, 0) is 24.1 Å². The SMILES string of the molecule is COc1ccc(CCN2CC(C3CO3)CC2=O)cc1. The molecule has 0 spiro atoms. The summed E-state index contributed by atoms with van der Waals surface area (Å²) in [5.74, 6) is 1.56. The van der Waals surface area contributed by atoms with Gasteiger partial charge in [0.05, 0.1) is 19.8 Å². The number of carbonyl (C=O) groups excluding carboxylic acids is 1. The molecule has 0 saturated carbocycles. The second kappa shape index (κ2) is 5.21. The average molecular weight is 261 g/mol. The minimum atomic E-state index is 0.272. The van der Waals surface area contributed by atoms with Crippen molar-refractivity contribution in [2.75, 3.05) is 26.8 Å². The number of nitrogens with zero attached hydrogens (tertiary/aromatic N) is 1. The van der Waals surface area contributed by atoms with Gasteiger partial charge in [0.25, 0.3) is 0 Å². The van der Waals surface area contributed by atoms with Crippen LogP contribution in [0.1, 0.15) is 12.0 Å². The Labute approximate surface area is 113 Å². The van der Waals surface area contributed by atoms with Gasteiger partial charge in [0.15, 0.2) is 0 Å². The molecule has 2 fully saturated rings. The molecular weight excluding hydrogens is 242 g/mol. The summed E-state index contributed by atoms with van der Waals surface area (Å²) in [5.41, 5.74) is 1.24. The van der Waals surface area contributed by atoms with E-state index in [4.69, 9.17) is 9.47 Å². The number of methoxy groups -OCH3 is 1. The molecule has 2 aliphatic rings. The Morgan fingerprint density at radius 2 is 2.11 bits per heavy atom. The summed E-state index contributed by atoms with van der Waals surface area (Å²) in [5, 5.41) is 0. The van der Waals surface area contributed by atoms with Crippen molar-refractivity contribution in [3.8, 4) is 5.75 Å². The molecule has 0 aliphatic carbocycles.